The van der Waals surface area contributed by atoms with Crippen LogP contribution in [-0.2, 0) is 4.84 Å². The van der Waals surface area contributed by atoms with Crippen LogP contribution < -0.4 is 11.6 Å². The molecule has 0 aromatic rings. The SMILES string of the molecule is C=C(CN)ON. The van der Waals surface area contributed by atoms with Gasteiger partial charge in [-0.05, 0) is 0 Å². The molecule has 0 saturated heterocycles. The lowest BCUT2D eigenvalue weighted by Crippen LogP contribution is -2.08. The molecule has 3 nitrogen and oxygen atoms in total. The molecule has 0 aromatic heterocycles. The summed E-state index contributed by atoms with van der Waals surface area (Å²) in [5, 5.41) is 0. The summed E-state index contributed by atoms with van der Waals surface area (Å²) in [6.45, 7) is 3.61. The number of nitrogens with two attached hydrogens (primary N) is 2. The molecule has 0 rings (SSSR count). The third kappa shape index (κ3) is 1.75. The zero-order valence-electron chi connectivity index (χ0n) is 3.48. The second-order valence-corrected chi connectivity index (χ2v) is 0.861. The van der Waals surface area contributed by atoms with Crippen molar-refractivity contribution in [3.8, 4) is 0 Å². The highest BCUT2D eigenvalue weighted by Gasteiger charge is 1.79. The van der Waals surface area contributed by atoms with Crippen LogP contribution in [0.5, 0.6) is 0 Å². The Balaban J connectivity index is 2.99. The predicted molar refractivity (Wildman–Crippen MR) is 23.5 cm³/mol. The third-order valence-electron chi connectivity index (χ3n) is 0.394. The van der Waals surface area contributed by atoms with Crippen molar-refractivity contribution in [2.45, 2.75) is 0 Å². The molecule has 0 saturated carbocycles. The minimum absolute atomic E-state index is 0.288. The second-order valence-electron chi connectivity index (χ2n) is 0.861. The van der Waals surface area contributed by atoms with Gasteiger partial charge in [0.05, 0.1) is 6.54 Å². The summed E-state index contributed by atoms with van der Waals surface area (Å²) in [5.74, 6) is 5.00. The van der Waals surface area contributed by atoms with E-state index in [1.54, 1.807) is 0 Å². The lowest BCUT2D eigenvalue weighted by Gasteiger charge is -1.93. The molecule has 0 aliphatic heterocycles. The molecule has 0 aliphatic rings. The summed E-state index contributed by atoms with van der Waals surface area (Å²) in [4.78, 5) is 4.08. The zero-order valence-corrected chi connectivity index (χ0v) is 3.48. The molecule has 0 fully saturated rings. The Kier molecular flexibility index (Phi) is 2.44. The molecule has 0 amide bonds. The van der Waals surface area contributed by atoms with Gasteiger partial charge in [0, 0.05) is 0 Å². The largest absolute Gasteiger partial charge is 0.415 e. The van der Waals surface area contributed by atoms with E-state index < -0.39 is 0 Å². The van der Waals surface area contributed by atoms with Crippen LogP contribution in [0.2, 0.25) is 0 Å². The van der Waals surface area contributed by atoms with Gasteiger partial charge in [-0.25, -0.2) is 0 Å². The molecule has 0 spiro atoms. The average molecular weight is 88.1 g/mol. The van der Waals surface area contributed by atoms with E-state index in [-0.39, 0.29) is 6.54 Å². The van der Waals surface area contributed by atoms with E-state index in [0.29, 0.717) is 5.76 Å². The predicted octanol–water partition coefficient (Wildman–Crippen LogP) is -0.651. The van der Waals surface area contributed by atoms with Crippen molar-refractivity contribution in [2.24, 2.45) is 11.6 Å². The van der Waals surface area contributed by atoms with Gasteiger partial charge in [0.15, 0.2) is 0 Å². The minimum Gasteiger partial charge on any atom is -0.415 e. The molecule has 0 atom stereocenters. The van der Waals surface area contributed by atoms with Gasteiger partial charge >= 0.3 is 0 Å². The second kappa shape index (κ2) is 2.68. The average Bonchev–Trinajstić information content (AvgIpc) is 1.65. The van der Waals surface area contributed by atoms with Crippen LogP contribution in [0.3, 0.4) is 0 Å². The van der Waals surface area contributed by atoms with E-state index in [9.17, 15) is 0 Å². The van der Waals surface area contributed by atoms with E-state index in [1.165, 1.54) is 0 Å². The van der Waals surface area contributed by atoms with E-state index in [4.69, 9.17) is 5.73 Å². The van der Waals surface area contributed by atoms with Crippen LogP contribution in [0.25, 0.3) is 0 Å². The van der Waals surface area contributed by atoms with Gasteiger partial charge in [0.25, 0.3) is 0 Å². The lowest BCUT2D eigenvalue weighted by molar-refractivity contribution is 0.219. The molecule has 0 aliphatic carbocycles. The van der Waals surface area contributed by atoms with Gasteiger partial charge in [-0.2, -0.15) is 5.90 Å². The molecular formula is C3H8N2O. The normalized spacial score (nSPS) is 7.67. The Morgan fingerprint density at radius 1 is 1.83 bits per heavy atom. The van der Waals surface area contributed by atoms with E-state index in [1.807, 2.05) is 0 Å². The Morgan fingerprint density at radius 2 is 2.33 bits per heavy atom. The van der Waals surface area contributed by atoms with Gasteiger partial charge < -0.3 is 10.6 Å². The molecule has 36 valence electrons. The molecule has 0 radical (unpaired) electrons. The van der Waals surface area contributed by atoms with Crippen molar-refractivity contribution < 1.29 is 4.84 Å². The van der Waals surface area contributed by atoms with E-state index in [2.05, 4.69) is 17.3 Å². The fourth-order valence-electron chi connectivity index (χ4n) is 0.0481. The quantitative estimate of drug-likeness (QED) is 0.348. The summed E-state index contributed by atoms with van der Waals surface area (Å²) in [6, 6.07) is 0. The van der Waals surface area contributed by atoms with Crippen LogP contribution in [0.4, 0.5) is 0 Å². The molecule has 4 N–H and O–H groups in total. The maximum absolute atomic E-state index is 4.98. The summed E-state index contributed by atoms with van der Waals surface area (Å²) in [7, 11) is 0. The Labute approximate surface area is 36.5 Å². The van der Waals surface area contributed by atoms with Gasteiger partial charge in [-0.3, -0.25) is 0 Å². The Bertz CT molecular complexity index is 46.8. The highest BCUT2D eigenvalue weighted by Crippen LogP contribution is 1.77. The van der Waals surface area contributed by atoms with Gasteiger partial charge in [0.1, 0.15) is 5.76 Å². The smallest absolute Gasteiger partial charge is 0.130 e. The highest BCUT2D eigenvalue weighted by atomic mass is 16.6. The molecule has 3 heteroatoms. The van der Waals surface area contributed by atoms with Crippen molar-refractivity contribution in [1.82, 2.24) is 0 Å². The van der Waals surface area contributed by atoms with Gasteiger partial charge in [-0.1, -0.05) is 6.58 Å². The zero-order chi connectivity index (χ0) is 4.99. The topological polar surface area (TPSA) is 61.3 Å². The molecule has 0 heterocycles. The summed E-state index contributed by atoms with van der Waals surface area (Å²) in [5.41, 5.74) is 4.98. The van der Waals surface area contributed by atoms with Crippen LogP contribution in [0, 0.1) is 0 Å². The summed E-state index contributed by atoms with van der Waals surface area (Å²) < 4.78 is 0. The van der Waals surface area contributed by atoms with E-state index in [0.717, 1.165) is 0 Å². The first-order chi connectivity index (χ1) is 2.81. The monoisotopic (exact) mass is 88.1 g/mol. The molecule has 6 heavy (non-hydrogen) atoms. The van der Waals surface area contributed by atoms with Crippen molar-refractivity contribution in [1.29, 1.82) is 0 Å². The van der Waals surface area contributed by atoms with Crippen molar-refractivity contribution >= 4 is 0 Å². The fourth-order valence-corrected chi connectivity index (χ4v) is 0.0481. The van der Waals surface area contributed by atoms with Crippen LogP contribution >= 0.6 is 0 Å². The number of hydrogen-bond acceptors (Lipinski definition) is 3. The van der Waals surface area contributed by atoms with Crippen molar-refractivity contribution in [3.05, 3.63) is 12.3 Å². The van der Waals surface area contributed by atoms with Crippen molar-refractivity contribution in [2.75, 3.05) is 6.54 Å². The molecule has 0 bridgehead atoms. The standard InChI is InChI=1S/C3H8N2O/c1-3(2-4)6-5/h1-2,4-5H2. The van der Waals surface area contributed by atoms with Crippen LogP contribution in [0.15, 0.2) is 12.3 Å². The fraction of sp³-hybridized carbons (Fsp3) is 0.333. The highest BCUT2D eigenvalue weighted by molar-refractivity contribution is 4.81. The first-order valence-electron chi connectivity index (χ1n) is 1.56. The van der Waals surface area contributed by atoms with Crippen LogP contribution in [-0.4, -0.2) is 6.54 Å². The Morgan fingerprint density at radius 3 is 2.33 bits per heavy atom. The van der Waals surface area contributed by atoms with E-state index >= 15 is 0 Å². The maximum Gasteiger partial charge on any atom is 0.130 e. The molecular weight excluding hydrogens is 80.0 g/mol. The molecule has 0 aromatic carbocycles. The van der Waals surface area contributed by atoms with Crippen molar-refractivity contribution in [3.63, 3.8) is 0 Å². The summed E-state index contributed by atoms with van der Waals surface area (Å²) in [6.07, 6.45) is 0. The summed E-state index contributed by atoms with van der Waals surface area (Å²) >= 11 is 0. The minimum atomic E-state index is 0.288. The molecule has 0 unspecified atom stereocenters. The third-order valence-corrected chi connectivity index (χ3v) is 0.394. The number of rotatable bonds is 2. The van der Waals surface area contributed by atoms with Gasteiger partial charge in [-0.15, -0.1) is 0 Å². The first kappa shape index (κ1) is 5.46. The lowest BCUT2D eigenvalue weighted by atomic mass is 10.6. The van der Waals surface area contributed by atoms with Crippen LogP contribution in [0.1, 0.15) is 0 Å². The number of hydrogen-bond donors (Lipinski definition) is 2. The first-order valence-corrected chi connectivity index (χ1v) is 1.56. The van der Waals surface area contributed by atoms with Gasteiger partial charge in [0.2, 0.25) is 0 Å². The Hall–Kier alpha value is -0.540. The maximum atomic E-state index is 4.98.